The fourth-order valence-electron chi connectivity index (χ4n) is 9.05. The fourth-order valence-corrected chi connectivity index (χ4v) is 9.37. The molecular weight excluding hydrogens is 477 g/mol. The summed E-state index contributed by atoms with van der Waals surface area (Å²) < 4.78 is 30.4. The van der Waals surface area contributed by atoms with E-state index >= 15 is 0 Å². The van der Waals surface area contributed by atoms with Crippen LogP contribution in [0.4, 0.5) is 0 Å². The molecule has 8 nitrogen and oxygen atoms in total. The minimum absolute atomic E-state index is 0. The Hall–Kier alpha value is -0.143. The van der Waals surface area contributed by atoms with Gasteiger partial charge >= 0.3 is 18.9 Å². The van der Waals surface area contributed by atoms with Crippen molar-refractivity contribution in [3.63, 3.8) is 0 Å². The van der Waals surface area contributed by atoms with Gasteiger partial charge in [0.1, 0.15) is 0 Å². The van der Waals surface area contributed by atoms with Crippen molar-refractivity contribution in [3.05, 3.63) is 0 Å². The molecule has 36 heavy (non-hydrogen) atoms. The van der Waals surface area contributed by atoms with Crippen molar-refractivity contribution in [1.29, 1.82) is 0 Å². The molecule has 0 spiro atoms. The minimum Gasteiger partial charge on any atom is -0.862 e. The van der Waals surface area contributed by atoms with Crippen molar-refractivity contribution in [2.75, 3.05) is 12.3 Å². The molecule has 11 atom stereocenters. The Labute approximate surface area is 228 Å². The average Bonchev–Trinajstić information content (AvgIpc) is 3.12. The minimum atomic E-state index is -4.13. The summed E-state index contributed by atoms with van der Waals surface area (Å²) in [4.78, 5) is 3.76. The molecule has 4 fully saturated rings. The maximum atomic E-state index is 12.2. The Kier molecular flexibility index (Phi) is 9.42. The second-order valence-electron chi connectivity index (χ2n) is 12.6. The van der Waals surface area contributed by atoms with Gasteiger partial charge in [-0.3, -0.25) is 4.55 Å². The van der Waals surface area contributed by atoms with E-state index in [9.17, 15) is 28.8 Å². The Bertz CT molecular complexity index is 916. The summed E-state index contributed by atoms with van der Waals surface area (Å²) in [7, 11) is -4.13. The molecule has 4 aliphatic rings. The zero-order valence-electron chi connectivity index (χ0n) is 22.3. The number of aliphatic imine (C=N–C) groups is 1. The summed E-state index contributed by atoms with van der Waals surface area (Å²) in [6, 6.07) is 0. The zero-order chi connectivity index (χ0) is 25.8. The van der Waals surface area contributed by atoms with Crippen LogP contribution in [0.1, 0.15) is 78.6 Å². The first-order valence-electron chi connectivity index (χ1n) is 13.5. The SMILES string of the molecule is C[C@H](CCC([O-])=NCCS(=O)(=O)O)[C@H]1CC[C@H]2[C@@H]3[C@H](O)C[C@@H]4C[C@H](O)CC[C@]4(C)[C@H]3C[C@H](O)[C@]12C.[Li+]. The molecular formula is C26H44LiNO7S. The maximum Gasteiger partial charge on any atom is 1.00 e. The molecule has 0 bridgehead atoms. The average molecular weight is 522 g/mol. The van der Waals surface area contributed by atoms with Gasteiger partial charge in [0.25, 0.3) is 10.1 Å². The van der Waals surface area contributed by atoms with Crippen LogP contribution >= 0.6 is 0 Å². The van der Waals surface area contributed by atoms with Crippen LogP contribution in [0, 0.1) is 46.3 Å². The first kappa shape index (κ1) is 30.4. The summed E-state index contributed by atoms with van der Waals surface area (Å²) in [5.74, 6) is 0.468. The van der Waals surface area contributed by atoms with Crippen molar-refractivity contribution in [2.24, 2.45) is 51.3 Å². The number of fused-ring (bicyclic) bond motifs is 5. The molecule has 0 heterocycles. The summed E-state index contributed by atoms with van der Waals surface area (Å²) >= 11 is 0. The van der Waals surface area contributed by atoms with Crippen LogP contribution in [-0.2, 0) is 10.1 Å². The predicted molar refractivity (Wildman–Crippen MR) is 131 cm³/mol. The van der Waals surface area contributed by atoms with Gasteiger partial charge < -0.3 is 25.4 Å². The first-order valence-corrected chi connectivity index (χ1v) is 15.1. The van der Waals surface area contributed by atoms with Crippen LogP contribution in [-0.4, -0.2) is 64.8 Å². The van der Waals surface area contributed by atoms with Gasteiger partial charge in [0.05, 0.1) is 30.6 Å². The number of aliphatic hydroxyl groups is 3. The van der Waals surface area contributed by atoms with E-state index in [1.54, 1.807) is 0 Å². The molecule has 0 amide bonds. The van der Waals surface area contributed by atoms with Crippen LogP contribution in [0.25, 0.3) is 0 Å². The Balaban J connectivity index is 0.00000361. The van der Waals surface area contributed by atoms with E-state index < -0.39 is 28.1 Å². The number of hydrogen-bond acceptors (Lipinski definition) is 7. The van der Waals surface area contributed by atoms with Crippen LogP contribution in [0.2, 0.25) is 0 Å². The third-order valence-electron chi connectivity index (χ3n) is 11.0. The molecule has 4 N–H and O–H groups in total. The first-order chi connectivity index (χ1) is 16.3. The van der Waals surface area contributed by atoms with Crippen LogP contribution in [0.5, 0.6) is 0 Å². The van der Waals surface area contributed by atoms with Crippen molar-refractivity contribution < 1.29 is 52.3 Å². The van der Waals surface area contributed by atoms with E-state index in [0.717, 1.165) is 38.5 Å². The van der Waals surface area contributed by atoms with Crippen molar-refractivity contribution in [3.8, 4) is 0 Å². The topological polar surface area (TPSA) is 150 Å². The summed E-state index contributed by atoms with van der Waals surface area (Å²) in [6.45, 7) is 6.41. The van der Waals surface area contributed by atoms with Gasteiger partial charge in [-0.2, -0.15) is 8.42 Å². The molecule has 4 aliphatic carbocycles. The number of hydrogen-bond donors (Lipinski definition) is 4. The van der Waals surface area contributed by atoms with Gasteiger partial charge in [0.15, 0.2) is 0 Å². The predicted octanol–water partition coefficient (Wildman–Crippen LogP) is -0.985. The monoisotopic (exact) mass is 521 g/mol. The zero-order valence-corrected chi connectivity index (χ0v) is 23.2. The van der Waals surface area contributed by atoms with E-state index in [-0.39, 0.29) is 84.2 Å². The largest absolute Gasteiger partial charge is 1.00 e. The van der Waals surface area contributed by atoms with E-state index in [1.165, 1.54) is 0 Å². The van der Waals surface area contributed by atoms with Crippen molar-refractivity contribution in [2.45, 2.75) is 96.9 Å². The Morgan fingerprint density at radius 1 is 1.08 bits per heavy atom. The molecule has 0 aliphatic heterocycles. The third kappa shape index (κ3) is 5.59. The van der Waals surface area contributed by atoms with Gasteiger partial charge in [-0.05, 0) is 110 Å². The second-order valence-corrected chi connectivity index (χ2v) is 14.2. The van der Waals surface area contributed by atoms with Gasteiger partial charge in [-0.15, -0.1) is 0 Å². The summed E-state index contributed by atoms with van der Waals surface area (Å²) in [5.41, 5.74) is -0.269. The summed E-state index contributed by atoms with van der Waals surface area (Å²) in [6.07, 6.45) is 5.53. The molecule has 4 rings (SSSR count). The van der Waals surface area contributed by atoms with E-state index in [2.05, 4.69) is 25.8 Å². The maximum absolute atomic E-state index is 12.2. The van der Waals surface area contributed by atoms with Crippen molar-refractivity contribution >= 4 is 16.0 Å². The molecule has 202 valence electrons. The van der Waals surface area contributed by atoms with Crippen molar-refractivity contribution in [1.82, 2.24) is 0 Å². The Morgan fingerprint density at radius 2 is 1.78 bits per heavy atom. The van der Waals surface area contributed by atoms with Crippen LogP contribution in [0.15, 0.2) is 4.99 Å². The van der Waals surface area contributed by atoms with Gasteiger partial charge in [0.2, 0.25) is 0 Å². The normalized spacial score (nSPS) is 45.7. The molecule has 10 heteroatoms. The second kappa shape index (κ2) is 11.2. The number of nitrogens with zero attached hydrogens (tertiary/aromatic N) is 1. The number of aliphatic hydroxyl groups excluding tert-OH is 3. The van der Waals surface area contributed by atoms with Gasteiger partial charge in [-0.25, -0.2) is 0 Å². The standard InChI is InChI=1S/C26H45NO7S.Li/c1-15(4-7-23(31)27-10-11-35(32,33)34)18-5-6-19-24-20(14-22(30)26(18,19)3)25(2)9-8-17(28)12-16(25)13-21(24)29;/h15-22,24,28-30H,4-14H2,1-3H3,(H,27,31)(H,32,33,34);/q;+1/p-1/t15-,16+,17-,18-,19+,20+,21-,22+,24+,25+,26-;/m1./s1. The molecule has 4 saturated carbocycles. The van der Waals surface area contributed by atoms with E-state index in [4.69, 9.17) is 4.55 Å². The molecule has 0 aromatic carbocycles. The quantitative estimate of drug-likeness (QED) is 0.145. The Morgan fingerprint density at radius 3 is 2.44 bits per heavy atom. The van der Waals surface area contributed by atoms with Crippen LogP contribution < -0.4 is 24.0 Å². The van der Waals surface area contributed by atoms with E-state index in [0.29, 0.717) is 18.8 Å². The fraction of sp³-hybridized carbons (Fsp3) is 0.962. The van der Waals surface area contributed by atoms with Gasteiger partial charge in [-0.1, -0.05) is 20.8 Å². The van der Waals surface area contributed by atoms with Crippen LogP contribution in [0.3, 0.4) is 0 Å². The molecule has 0 radical (unpaired) electrons. The molecule has 0 unspecified atom stereocenters. The molecule has 0 aromatic rings. The number of rotatable bonds is 7. The van der Waals surface area contributed by atoms with Gasteiger partial charge in [0, 0.05) is 0 Å². The smallest absolute Gasteiger partial charge is 0.862 e. The molecule has 0 aromatic heterocycles. The van der Waals surface area contributed by atoms with E-state index in [1.807, 2.05) is 0 Å². The third-order valence-corrected chi connectivity index (χ3v) is 11.7. The summed E-state index contributed by atoms with van der Waals surface area (Å²) in [5, 5.41) is 45.4. The molecule has 0 saturated heterocycles.